The Labute approximate surface area is 264 Å². The molecule has 6 aromatic carbocycles. The minimum absolute atomic E-state index is 0.0818. The fourth-order valence-corrected chi connectivity index (χ4v) is 5.59. The summed E-state index contributed by atoms with van der Waals surface area (Å²) in [4.78, 5) is 36.8. The monoisotopic (exact) mass is 606 g/mol. The SMILES string of the molecule is COc1ccc(C(=O)Oc2ccc(C(=O)/C=C/c3ccc4c5c(ccc4c3)OCOc3ccc4cc(C=O)ccc4c3-5)cc2)cc1. The molecule has 6 aromatic rings. The predicted molar refractivity (Wildman–Crippen MR) is 176 cm³/mol. The first-order chi connectivity index (χ1) is 22.5. The fraction of sp³-hybridized carbons (Fsp3) is 0.0513. The highest BCUT2D eigenvalue weighted by Gasteiger charge is 2.22. The molecule has 7 nitrogen and oxygen atoms in total. The highest BCUT2D eigenvalue weighted by molar-refractivity contribution is 6.11. The van der Waals surface area contributed by atoms with Gasteiger partial charge in [0.2, 0.25) is 6.79 Å². The number of hydrogen-bond acceptors (Lipinski definition) is 7. The number of fused-ring (bicyclic) bond motifs is 7. The lowest BCUT2D eigenvalue weighted by atomic mass is 9.91. The molecular weight excluding hydrogens is 580 g/mol. The number of ketones is 1. The Morgan fingerprint density at radius 2 is 1.22 bits per heavy atom. The molecule has 0 saturated carbocycles. The summed E-state index contributed by atoms with van der Waals surface area (Å²) >= 11 is 0. The number of aldehydes is 1. The number of methoxy groups -OCH3 is 1. The van der Waals surface area contributed by atoms with Crippen molar-refractivity contribution in [3.05, 3.63) is 138 Å². The standard InChI is InChI=1S/C39H26O7/c1-43-30-11-7-27(8-12-30)39(42)46-31-13-5-26(6-14-31)34(41)17-4-24-2-15-32-28(20-24)9-18-35-37(32)38-33-16-3-25(22-40)21-29(33)10-19-36(38)45-23-44-35/h2-22H,23H2,1H3/b17-4+. The Kier molecular flexibility index (Phi) is 7.48. The fourth-order valence-electron chi connectivity index (χ4n) is 5.59. The highest BCUT2D eigenvalue weighted by atomic mass is 16.7. The number of rotatable bonds is 7. The predicted octanol–water partition coefficient (Wildman–Crippen LogP) is 8.33. The van der Waals surface area contributed by atoms with Crippen LogP contribution in [0.1, 0.15) is 36.6 Å². The summed E-state index contributed by atoms with van der Waals surface area (Å²) in [7, 11) is 1.56. The molecule has 0 aliphatic carbocycles. The minimum atomic E-state index is -0.502. The van der Waals surface area contributed by atoms with Crippen LogP contribution in [-0.4, -0.2) is 31.9 Å². The lowest BCUT2D eigenvalue weighted by molar-refractivity contribution is 0.0734. The summed E-state index contributed by atoms with van der Waals surface area (Å²) in [5, 5.41) is 3.82. The van der Waals surface area contributed by atoms with Crippen LogP contribution in [-0.2, 0) is 0 Å². The molecule has 0 saturated heterocycles. The Hall–Kier alpha value is -6.21. The molecule has 0 amide bonds. The molecule has 0 unspecified atom stereocenters. The van der Waals surface area contributed by atoms with Crippen LogP contribution in [0.15, 0.2) is 115 Å². The average Bonchev–Trinajstić information content (AvgIpc) is 3.30. The summed E-state index contributed by atoms with van der Waals surface area (Å²) < 4.78 is 22.5. The second-order valence-electron chi connectivity index (χ2n) is 10.7. The van der Waals surface area contributed by atoms with Gasteiger partial charge in [0.1, 0.15) is 29.3 Å². The first-order valence-electron chi connectivity index (χ1n) is 14.5. The highest BCUT2D eigenvalue weighted by Crippen LogP contribution is 2.47. The topological polar surface area (TPSA) is 88.1 Å². The summed E-state index contributed by atoms with van der Waals surface area (Å²) in [6.45, 7) is 0.0818. The normalized spacial score (nSPS) is 12.0. The maximum absolute atomic E-state index is 13.0. The van der Waals surface area contributed by atoms with Gasteiger partial charge in [-0.15, -0.1) is 0 Å². The van der Waals surface area contributed by atoms with E-state index in [1.54, 1.807) is 67.8 Å². The first kappa shape index (κ1) is 28.6. The summed E-state index contributed by atoms with van der Waals surface area (Å²) in [6.07, 6.45) is 4.13. The third-order valence-corrected chi connectivity index (χ3v) is 7.93. The Morgan fingerprint density at radius 1 is 0.652 bits per heavy atom. The number of ether oxygens (including phenoxy) is 4. The maximum atomic E-state index is 13.0. The molecule has 224 valence electrons. The number of hydrogen-bond donors (Lipinski definition) is 0. The van der Waals surface area contributed by atoms with Crippen LogP contribution >= 0.6 is 0 Å². The van der Waals surface area contributed by atoms with Crippen LogP contribution < -0.4 is 18.9 Å². The maximum Gasteiger partial charge on any atom is 0.343 e. The van der Waals surface area contributed by atoms with E-state index in [2.05, 4.69) is 0 Å². The van der Waals surface area contributed by atoms with E-state index in [-0.39, 0.29) is 12.6 Å². The van der Waals surface area contributed by atoms with Crippen LogP contribution in [0.4, 0.5) is 0 Å². The molecule has 1 aliphatic heterocycles. The van der Waals surface area contributed by atoms with Crippen LogP contribution in [0.3, 0.4) is 0 Å². The van der Waals surface area contributed by atoms with Crippen LogP contribution in [0.2, 0.25) is 0 Å². The molecule has 46 heavy (non-hydrogen) atoms. The van der Waals surface area contributed by atoms with E-state index in [0.717, 1.165) is 44.5 Å². The molecule has 0 N–H and O–H groups in total. The lowest BCUT2D eigenvalue weighted by Crippen LogP contribution is -2.08. The van der Waals surface area contributed by atoms with Gasteiger partial charge in [0.05, 0.1) is 12.7 Å². The molecule has 0 aromatic heterocycles. The van der Waals surface area contributed by atoms with E-state index in [1.807, 2.05) is 54.6 Å². The van der Waals surface area contributed by atoms with Crippen molar-refractivity contribution in [2.75, 3.05) is 13.9 Å². The van der Waals surface area contributed by atoms with E-state index in [9.17, 15) is 14.4 Å². The van der Waals surface area contributed by atoms with Crippen molar-refractivity contribution in [1.29, 1.82) is 0 Å². The van der Waals surface area contributed by atoms with Crippen molar-refractivity contribution < 1.29 is 33.3 Å². The lowest BCUT2D eigenvalue weighted by Gasteiger charge is -2.14. The molecule has 7 heteroatoms. The van der Waals surface area contributed by atoms with Gasteiger partial charge in [-0.05, 0) is 106 Å². The van der Waals surface area contributed by atoms with Gasteiger partial charge in [0.15, 0.2) is 5.78 Å². The zero-order valence-electron chi connectivity index (χ0n) is 24.7. The largest absolute Gasteiger partial charge is 0.497 e. The third kappa shape index (κ3) is 5.46. The molecule has 0 bridgehead atoms. The van der Waals surface area contributed by atoms with E-state index < -0.39 is 5.97 Å². The number of allylic oxidation sites excluding steroid dienone is 1. The van der Waals surface area contributed by atoms with E-state index in [1.165, 1.54) is 6.08 Å². The van der Waals surface area contributed by atoms with Gasteiger partial charge in [-0.3, -0.25) is 9.59 Å². The second kappa shape index (κ2) is 12.1. The van der Waals surface area contributed by atoms with Gasteiger partial charge in [-0.1, -0.05) is 42.5 Å². The Bertz CT molecular complexity index is 2180. The van der Waals surface area contributed by atoms with Crippen molar-refractivity contribution in [1.82, 2.24) is 0 Å². The molecule has 0 atom stereocenters. The molecule has 7 rings (SSSR count). The van der Waals surface area contributed by atoms with Crippen molar-refractivity contribution in [3.63, 3.8) is 0 Å². The smallest absolute Gasteiger partial charge is 0.343 e. The van der Waals surface area contributed by atoms with Crippen LogP contribution in [0, 0.1) is 0 Å². The molecule has 0 spiro atoms. The average molecular weight is 607 g/mol. The van der Waals surface area contributed by atoms with Crippen molar-refractivity contribution in [3.8, 4) is 34.1 Å². The van der Waals surface area contributed by atoms with Gasteiger partial charge in [-0.25, -0.2) is 4.79 Å². The van der Waals surface area contributed by atoms with Gasteiger partial charge >= 0.3 is 5.97 Å². The van der Waals surface area contributed by atoms with Gasteiger partial charge < -0.3 is 18.9 Å². The first-order valence-corrected chi connectivity index (χ1v) is 14.5. The Morgan fingerprint density at radius 3 is 1.83 bits per heavy atom. The summed E-state index contributed by atoms with van der Waals surface area (Å²) in [5.41, 5.74) is 4.13. The molecule has 0 fully saturated rings. The molecule has 0 radical (unpaired) electrons. The van der Waals surface area contributed by atoms with Crippen molar-refractivity contribution in [2.24, 2.45) is 0 Å². The molecule has 1 heterocycles. The van der Waals surface area contributed by atoms with E-state index >= 15 is 0 Å². The summed E-state index contributed by atoms with van der Waals surface area (Å²) in [6, 6.07) is 32.4. The minimum Gasteiger partial charge on any atom is -0.497 e. The molecular formula is C39H26O7. The van der Waals surface area contributed by atoms with Gasteiger partial charge in [0.25, 0.3) is 0 Å². The number of benzene rings is 6. The van der Waals surface area contributed by atoms with Gasteiger partial charge in [-0.2, -0.15) is 0 Å². The zero-order chi connectivity index (χ0) is 31.6. The number of esters is 1. The summed E-state index contributed by atoms with van der Waals surface area (Å²) in [5.74, 6) is 1.70. The van der Waals surface area contributed by atoms with E-state index in [0.29, 0.717) is 39.7 Å². The zero-order valence-corrected chi connectivity index (χ0v) is 24.7. The van der Waals surface area contributed by atoms with Crippen molar-refractivity contribution >= 4 is 45.7 Å². The third-order valence-electron chi connectivity index (χ3n) is 7.93. The van der Waals surface area contributed by atoms with Crippen molar-refractivity contribution in [2.45, 2.75) is 0 Å². The number of carbonyl (C=O) groups excluding carboxylic acids is 3. The van der Waals surface area contributed by atoms with Crippen LogP contribution in [0.25, 0.3) is 38.7 Å². The number of carbonyl (C=O) groups is 3. The Balaban J connectivity index is 1.13. The van der Waals surface area contributed by atoms with Crippen LogP contribution in [0.5, 0.6) is 23.0 Å². The quantitative estimate of drug-likeness (QED) is 0.0594. The second-order valence-corrected chi connectivity index (χ2v) is 10.7. The molecule has 1 aliphatic rings. The van der Waals surface area contributed by atoms with Gasteiger partial charge in [0, 0.05) is 22.3 Å². The van der Waals surface area contributed by atoms with E-state index in [4.69, 9.17) is 18.9 Å².